The third kappa shape index (κ3) is 7.82. The molecule has 1 amide bonds. The van der Waals surface area contributed by atoms with E-state index in [1.807, 2.05) is 0 Å². The zero-order valence-electron chi connectivity index (χ0n) is 18.4. The Labute approximate surface area is 198 Å². The third-order valence-electron chi connectivity index (χ3n) is 4.39. The number of nitrogens with one attached hydrogen (secondary N) is 1. The van der Waals surface area contributed by atoms with Crippen molar-refractivity contribution >= 4 is 45.7 Å². The van der Waals surface area contributed by atoms with E-state index in [9.17, 15) is 24.0 Å². The van der Waals surface area contributed by atoms with Crippen LogP contribution in [-0.2, 0) is 42.9 Å². The highest BCUT2D eigenvalue weighted by Crippen LogP contribution is 2.28. The molecule has 1 N–H and O–H groups in total. The summed E-state index contributed by atoms with van der Waals surface area (Å²) >= 11 is 3.28. The molecule has 0 spiro atoms. The van der Waals surface area contributed by atoms with Gasteiger partial charge in [0.15, 0.2) is 12.2 Å². The van der Waals surface area contributed by atoms with Crippen molar-refractivity contribution in [3.63, 3.8) is 0 Å². The summed E-state index contributed by atoms with van der Waals surface area (Å²) in [5, 5.41) is 2.62. The second-order valence-electron chi connectivity index (χ2n) is 7.11. The van der Waals surface area contributed by atoms with Gasteiger partial charge in [-0.3, -0.25) is 24.0 Å². The van der Waals surface area contributed by atoms with Crippen molar-refractivity contribution in [2.75, 3.05) is 6.61 Å². The highest BCUT2D eigenvalue weighted by molar-refractivity contribution is 9.10. The van der Waals surface area contributed by atoms with E-state index in [4.69, 9.17) is 23.7 Å². The molecular weight excluding hydrogens is 506 g/mol. The molecule has 1 aromatic rings. The van der Waals surface area contributed by atoms with Gasteiger partial charge in [-0.15, -0.1) is 0 Å². The van der Waals surface area contributed by atoms with E-state index in [0.29, 0.717) is 0 Å². The van der Waals surface area contributed by atoms with Crippen molar-refractivity contribution in [3.05, 3.63) is 34.3 Å². The first kappa shape index (κ1) is 26.3. The molecule has 0 radical (unpaired) electrons. The molecule has 1 aliphatic heterocycles. The Morgan fingerprint density at radius 2 is 1.39 bits per heavy atom. The molecule has 0 unspecified atom stereocenters. The molecule has 1 heterocycles. The van der Waals surface area contributed by atoms with Crippen molar-refractivity contribution in [3.8, 4) is 0 Å². The Hall–Kier alpha value is -2.99. The van der Waals surface area contributed by atoms with Crippen LogP contribution in [0.15, 0.2) is 28.7 Å². The van der Waals surface area contributed by atoms with Gasteiger partial charge in [-0.05, 0) is 24.3 Å². The number of ether oxygens (including phenoxy) is 5. The summed E-state index contributed by atoms with van der Waals surface area (Å²) in [6.07, 6.45) is -5.22. The van der Waals surface area contributed by atoms with Crippen molar-refractivity contribution in [2.24, 2.45) is 0 Å². The second kappa shape index (κ2) is 11.8. The first-order valence-corrected chi connectivity index (χ1v) is 10.6. The number of benzene rings is 1. The SMILES string of the molecule is CC(=O)OC[C@@H]1O[C@@H](OC(C)=O)[C@@H](NC(=O)c2ccc(Br)cc2)[C@@H](OC(C)=O)[C@H]1OC(C)=O. The molecule has 1 fully saturated rings. The lowest BCUT2D eigenvalue weighted by molar-refractivity contribution is -0.270. The third-order valence-corrected chi connectivity index (χ3v) is 4.92. The average molecular weight is 530 g/mol. The summed E-state index contributed by atoms with van der Waals surface area (Å²) in [5.41, 5.74) is 0.257. The molecule has 12 heteroatoms. The van der Waals surface area contributed by atoms with Gasteiger partial charge >= 0.3 is 23.9 Å². The van der Waals surface area contributed by atoms with Gasteiger partial charge in [0.2, 0.25) is 6.29 Å². The van der Waals surface area contributed by atoms with Gasteiger partial charge in [-0.25, -0.2) is 0 Å². The quantitative estimate of drug-likeness (QED) is 0.404. The molecule has 0 aromatic heterocycles. The summed E-state index contributed by atoms with van der Waals surface area (Å²) in [6, 6.07) is 5.12. The molecule has 33 heavy (non-hydrogen) atoms. The number of hydrogen-bond donors (Lipinski definition) is 1. The summed E-state index contributed by atoms with van der Waals surface area (Å²) in [6.45, 7) is 4.14. The predicted molar refractivity (Wildman–Crippen MR) is 114 cm³/mol. The monoisotopic (exact) mass is 529 g/mol. The maximum absolute atomic E-state index is 12.9. The van der Waals surface area contributed by atoms with Gasteiger partial charge in [-0.1, -0.05) is 15.9 Å². The number of carbonyl (C=O) groups excluding carboxylic acids is 5. The van der Waals surface area contributed by atoms with Crippen LogP contribution >= 0.6 is 15.9 Å². The van der Waals surface area contributed by atoms with Crippen LogP contribution in [0.2, 0.25) is 0 Å². The fraction of sp³-hybridized carbons (Fsp3) is 0.476. The largest absolute Gasteiger partial charge is 0.463 e. The van der Waals surface area contributed by atoms with Crippen LogP contribution in [0.4, 0.5) is 0 Å². The zero-order chi connectivity index (χ0) is 24.7. The Kier molecular flexibility index (Phi) is 9.35. The first-order chi connectivity index (χ1) is 15.5. The topological polar surface area (TPSA) is 144 Å². The van der Waals surface area contributed by atoms with E-state index in [1.165, 1.54) is 12.1 Å². The van der Waals surface area contributed by atoms with E-state index in [1.54, 1.807) is 12.1 Å². The minimum atomic E-state index is -1.45. The van der Waals surface area contributed by atoms with Crippen molar-refractivity contribution in [1.29, 1.82) is 0 Å². The maximum Gasteiger partial charge on any atom is 0.305 e. The van der Waals surface area contributed by atoms with Gasteiger partial charge in [0.25, 0.3) is 5.91 Å². The van der Waals surface area contributed by atoms with Gasteiger partial charge in [-0.2, -0.15) is 0 Å². The van der Waals surface area contributed by atoms with E-state index < -0.39 is 67.0 Å². The molecule has 0 aliphatic carbocycles. The van der Waals surface area contributed by atoms with E-state index in [2.05, 4.69) is 21.2 Å². The Morgan fingerprint density at radius 1 is 0.848 bits per heavy atom. The van der Waals surface area contributed by atoms with E-state index in [-0.39, 0.29) is 5.56 Å². The van der Waals surface area contributed by atoms with Gasteiger partial charge in [0.1, 0.15) is 18.8 Å². The minimum absolute atomic E-state index is 0.257. The van der Waals surface area contributed by atoms with Crippen LogP contribution in [0, 0.1) is 0 Å². The number of rotatable bonds is 7. The zero-order valence-corrected chi connectivity index (χ0v) is 19.9. The lowest BCUT2D eigenvalue weighted by Crippen LogP contribution is -2.67. The maximum atomic E-state index is 12.9. The fourth-order valence-electron chi connectivity index (χ4n) is 3.16. The predicted octanol–water partition coefficient (Wildman–Crippen LogP) is 1.26. The van der Waals surface area contributed by atoms with Crippen LogP contribution in [0.1, 0.15) is 38.1 Å². The summed E-state index contributed by atoms with van der Waals surface area (Å²) in [5.74, 6) is -3.47. The van der Waals surface area contributed by atoms with E-state index in [0.717, 1.165) is 32.2 Å². The van der Waals surface area contributed by atoms with Crippen molar-refractivity contribution in [2.45, 2.75) is 58.3 Å². The van der Waals surface area contributed by atoms with Crippen LogP contribution in [0.5, 0.6) is 0 Å². The Balaban J connectivity index is 2.44. The number of amides is 1. The Morgan fingerprint density at radius 3 is 1.91 bits per heavy atom. The van der Waals surface area contributed by atoms with Crippen LogP contribution in [0.3, 0.4) is 0 Å². The van der Waals surface area contributed by atoms with Gasteiger partial charge in [0.05, 0.1) is 0 Å². The molecule has 180 valence electrons. The number of halogens is 1. The minimum Gasteiger partial charge on any atom is -0.463 e. The number of carbonyl (C=O) groups is 5. The molecule has 0 saturated carbocycles. The average Bonchev–Trinajstić information content (AvgIpc) is 2.70. The van der Waals surface area contributed by atoms with Gasteiger partial charge < -0.3 is 29.0 Å². The standard InChI is InChI=1S/C21H24BrNO10/c1-10(24)29-9-16-18(30-11(2)25)19(31-12(3)26)17(21(33-16)32-13(4)27)23-20(28)14-5-7-15(22)8-6-14/h5-8,16-19,21H,9H2,1-4H3,(H,23,28)/t16-,17-,18-,19+,21+/m0/s1. The Bertz CT molecular complexity index is 903. The smallest absolute Gasteiger partial charge is 0.305 e. The molecule has 11 nitrogen and oxygen atoms in total. The summed E-state index contributed by atoms with van der Waals surface area (Å²) in [4.78, 5) is 59.5. The lowest BCUT2D eigenvalue weighted by atomic mass is 9.95. The van der Waals surface area contributed by atoms with Crippen molar-refractivity contribution in [1.82, 2.24) is 5.32 Å². The fourth-order valence-corrected chi connectivity index (χ4v) is 3.42. The highest BCUT2D eigenvalue weighted by Gasteiger charge is 2.52. The van der Waals surface area contributed by atoms with E-state index >= 15 is 0 Å². The summed E-state index contributed by atoms with van der Waals surface area (Å²) < 4.78 is 27.3. The molecule has 1 aromatic carbocycles. The molecule has 1 aliphatic rings. The molecule has 0 bridgehead atoms. The van der Waals surface area contributed by atoms with Crippen LogP contribution in [-0.4, -0.2) is 67.0 Å². The normalized spacial score (nSPS) is 24.2. The van der Waals surface area contributed by atoms with Gasteiger partial charge in [0, 0.05) is 37.7 Å². The number of hydrogen-bond acceptors (Lipinski definition) is 10. The van der Waals surface area contributed by atoms with Crippen LogP contribution in [0.25, 0.3) is 0 Å². The molecule has 1 saturated heterocycles. The van der Waals surface area contributed by atoms with Crippen LogP contribution < -0.4 is 5.32 Å². The van der Waals surface area contributed by atoms with Crippen molar-refractivity contribution < 1.29 is 47.7 Å². The highest BCUT2D eigenvalue weighted by atomic mass is 79.9. The molecular formula is C21H24BrNO10. The molecule has 2 rings (SSSR count). The first-order valence-electron chi connectivity index (χ1n) is 9.84. The lowest BCUT2D eigenvalue weighted by Gasteiger charge is -2.44. The molecule has 5 atom stereocenters. The number of esters is 4. The second-order valence-corrected chi connectivity index (χ2v) is 8.02. The summed E-state index contributed by atoms with van der Waals surface area (Å²) in [7, 11) is 0.